The number of thioether (sulfide) groups is 1. The van der Waals surface area contributed by atoms with E-state index in [9.17, 15) is 4.79 Å². The molecule has 8 heteroatoms. The third-order valence-electron chi connectivity index (χ3n) is 5.56. The molecular formula is C24H28ClN3O2S2. The van der Waals surface area contributed by atoms with E-state index in [1.165, 1.54) is 0 Å². The summed E-state index contributed by atoms with van der Waals surface area (Å²) in [6.45, 7) is 9.11. The Morgan fingerprint density at radius 2 is 2.09 bits per heavy atom. The van der Waals surface area contributed by atoms with E-state index < -0.39 is 0 Å². The summed E-state index contributed by atoms with van der Waals surface area (Å²) in [6, 6.07) is 11.8. The number of hydrogen-bond acceptors (Lipinski definition) is 6. The zero-order valence-corrected chi connectivity index (χ0v) is 20.9. The molecular weight excluding hydrogens is 462 g/mol. The van der Waals surface area contributed by atoms with Crippen LogP contribution in [0.3, 0.4) is 0 Å². The smallest absolute Gasteiger partial charge is 0.260 e. The Kier molecular flexibility index (Phi) is 8.07. The molecule has 1 saturated heterocycles. The van der Waals surface area contributed by atoms with Crippen LogP contribution in [-0.4, -0.2) is 60.9 Å². The molecule has 0 spiro atoms. The summed E-state index contributed by atoms with van der Waals surface area (Å²) in [4.78, 5) is 23.8. The molecule has 5 nitrogen and oxygen atoms in total. The zero-order valence-electron chi connectivity index (χ0n) is 18.5. The molecule has 2 heterocycles. The molecule has 0 bridgehead atoms. The van der Waals surface area contributed by atoms with Gasteiger partial charge < -0.3 is 4.74 Å². The van der Waals surface area contributed by atoms with Crippen LogP contribution >= 0.6 is 34.7 Å². The van der Waals surface area contributed by atoms with Gasteiger partial charge in [0, 0.05) is 41.7 Å². The monoisotopic (exact) mass is 489 g/mol. The Morgan fingerprint density at radius 3 is 2.88 bits per heavy atom. The van der Waals surface area contributed by atoms with Crippen LogP contribution in [-0.2, 0) is 4.74 Å². The van der Waals surface area contributed by atoms with Crippen molar-refractivity contribution < 1.29 is 9.53 Å². The van der Waals surface area contributed by atoms with E-state index in [-0.39, 0.29) is 5.91 Å². The molecule has 0 N–H and O–H groups in total. The predicted molar refractivity (Wildman–Crippen MR) is 136 cm³/mol. The number of rotatable bonds is 8. The number of nitrogens with zero attached hydrogens (tertiary/aromatic N) is 3. The molecule has 0 radical (unpaired) electrons. The maximum absolute atomic E-state index is 13.6. The number of anilines is 1. The highest BCUT2D eigenvalue weighted by Gasteiger charge is 2.23. The first-order valence-corrected chi connectivity index (χ1v) is 13.2. The van der Waals surface area contributed by atoms with Crippen LogP contribution in [0.25, 0.3) is 10.2 Å². The van der Waals surface area contributed by atoms with Crippen LogP contribution < -0.4 is 4.90 Å². The number of hydrogen-bond donors (Lipinski definition) is 0. The first-order valence-electron chi connectivity index (χ1n) is 11.0. The number of thiazole rings is 1. The third-order valence-corrected chi connectivity index (χ3v) is 7.89. The molecule has 1 fully saturated rings. The lowest BCUT2D eigenvalue weighted by Crippen LogP contribution is -2.39. The molecule has 2 aromatic carbocycles. The molecule has 1 aliphatic heterocycles. The summed E-state index contributed by atoms with van der Waals surface area (Å²) >= 11 is 9.61. The Bertz CT molecular complexity index is 1080. The molecule has 0 aliphatic carbocycles. The Morgan fingerprint density at radius 1 is 1.28 bits per heavy atom. The van der Waals surface area contributed by atoms with Gasteiger partial charge in [0.05, 0.1) is 23.4 Å². The van der Waals surface area contributed by atoms with Crippen molar-refractivity contribution in [3.8, 4) is 0 Å². The molecule has 1 amide bonds. The van der Waals surface area contributed by atoms with E-state index in [2.05, 4.69) is 17.9 Å². The number of amides is 1. The third kappa shape index (κ3) is 5.46. The van der Waals surface area contributed by atoms with Gasteiger partial charge in [0.1, 0.15) is 0 Å². The van der Waals surface area contributed by atoms with Gasteiger partial charge in [-0.05, 0) is 55.0 Å². The van der Waals surface area contributed by atoms with Crippen molar-refractivity contribution in [2.24, 2.45) is 0 Å². The maximum atomic E-state index is 13.6. The molecule has 170 valence electrons. The van der Waals surface area contributed by atoms with Gasteiger partial charge in [0.25, 0.3) is 5.91 Å². The molecule has 0 unspecified atom stereocenters. The van der Waals surface area contributed by atoms with Crippen LogP contribution in [0.5, 0.6) is 0 Å². The topological polar surface area (TPSA) is 45.7 Å². The highest BCUT2D eigenvalue weighted by molar-refractivity contribution is 7.99. The molecule has 0 saturated carbocycles. The minimum Gasteiger partial charge on any atom is -0.379 e. The number of benzene rings is 2. The zero-order chi connectivity index (χ0) is 22.5. The Balaban J connectivity index is 1.60. The van der Waals surface area contributed by atoms with Gasteiger partial charge in [0.15, 0.2) is 5.13 Å². The van der Waals surface area contributed by atoms with Crippen LogP contribution in [0.2, 0.25) is 5.02 Å². The summed E-state index contributed by atoms with van der Waals surface area (Å²) in [5.74, 6) is 0.965. The van der Waals surface area contributed by atoms with Crippen LogP contribution in [0.15, 0.2) is 41.3 Å². The van der Waals surface area contributed by atoms with E-state index in [1.807, 2.05) is 42.2 Å². The van der Waals surface area contributed by atoms with E-state index in [1.54, 1.807) is 23.1 Å². The second kappa shape index (κ2) is 11.0. The van der Waals surface area contributed by atoms with Gasteiger partial charge in [-0.1, -0.05) is 35.9 Å². The highest BCUT2D eigenvalue weighted by Crippen LogP contribution is 2.34. The molecule has 3 aromatic rings. The molecule has 32 heavy (non-hydrogen) atoms. The number of fused-ring (bicyclic) bond motifs is 1. The van der Waals surface area contributed by atoms with Crippen molar-refractivity contribution in [3.63, 3.8) is 0 Å². The standard InChI is InChI=1S/C24H28ClN3O2S2/c1-3-31-19-7-4-6-18(16-19)23(29)28(11-5-10-27-12-14-30-15-13-27)24-26-22-17(2)20(25)8-9-21(22)32-24/h4,6-9,16H,3,5,10-15H2,1-2H3. The summed E-state index contributed by atoms with van der Waals surface area (Å²) in [5.41, 5.74) is 2.52. The lowest BCUT2D eigenvalue weighted by molar-refractivity contribution is 0.0376. The number of carbonyl (C=O) groups is 1. The largest absolute Gasteiger partial charge is 0.379 e. The average molecular weight is 490 g/mol. The minimum atomic E-state index is -0.00617. The van der Waals surface area contributed by atoms with Gasteiger partial charge in [-0.3, -0.25) is 14.6 Å². The first kappa shape index (κ1) is 23.5. The highest BCUT2D eigenvalue weighted by atomic mass is 35.5. The fourth-order valence-electron chi connectivity index (χ4n) is 3.81. The molecule has 1 aromatic heterocycles. The molecule has 1 aliphatic rings. The van der Waals surface area contributed by atoms with Gasteiger partial charge >= 0.3 is 0 Å². The summed E-state index contributed by atoms with van der Waals surface area (Å²) in [5, 5.41) is 1.43. The fourth-order valence-corrected chi connectivity index (χ4v) is 5.73. The maximum Gasteiger partial charge on any atom is 0.260 e. The van der Waals surface area contributed by atoms with E-state index in [0.29, 0.717) is 17.1 Å². The first-order chi connectivity index (χ1) is 15.6. The summed E-state index contributed by atoms with van der Waals surface area (Å²) in [7, 11) is 0. The lowest BCUT2D eigenvalue weighted by Gasteiger charge is -2.27. The Hall–Kier alpha value is -1.64. The number of aromatic nitrogens is 1. The minimum absolute atomic E-state index is 0.00617. The van der Waals surface area contributed by atoms with Crippen LogP contribution in [0.4, 0.5) is 5.13 Å². The number of aryl methyl sites for hydroxylation is 1. The number of ether oxygens (including phenoxy) is 1. The van der Waals surface area contributed by atoms with E-state index in [0.717, 1.165) is 70.8 Å². The van der Waals surface area contributed by atoms with E-state index in [4.69, 9.17) is 21.3 Å². The van der Waals surface area contributed by atoms with Crippen LogP contribution in [0.1, 0.15) is 29.3 Å². The fraction of sp³-hybridized carbons (Fsp3) is 0.417. The number of carbonyl (C=O) groups excluding carboxylic acids is 1. The van der Waals surface area contributed by atoms with Crippen LogP contribution in [0, 0.1) is 6.92 Å². The number of halogens is 1. The van der Waals surface area contributed by atoms with Gasteiger partial charge in [-0.2, -0.15) is 0 Å². The second-order valence-electron chi connectivity index (χ2n) is 7.74. The normalized spacial score (nSPS) is 14.7. The summed E-state index contributed by atoms with van der Waals surface area (Å²) in [6.07, 6.45) is 0.880. The quantitative estimate of drug-likeness (QED) is 0.377. The Labute approximate surface area is 202 Å². The van der Waals surface area contributed by atoms with Gasteiger partial charge in [-0.25, -0.2) is 4.98 Å². The average Bonchev–Trinajstić information content (AvgIpc) is 3.25. The SMILES string of the molecule is CCSc1cccc(C(=O)N(CCCN2CCOCC2)c2nc3c(C)c(Cl)ccc3s2)c1. The van der Waals surface area contributed by atoms with Crippen molar-refractivity contribution in [2.45, 2.75) is 25.2 Å². The summed E-state index contributed by atoms with van der Waals surface area (Å²) < 4.78 is 6.50. The second-order valence-corrected chi connectivity index (χ2v) is 10.5. The predicted octanol–water partition coefficient (Wildman–Crippen LogP) is 5.74. The van der Waals surface area contributed by atoms with Crippen molar-refractivity contribution >= 4 is 56.0 Å². The van der Waals surface area contributed by atoms with Gasteiger partial charge in [-0.15, -0.1) is 11.8 Å². The molecule has 4 rings (SSSR count). The lowest BCUT2D eigenvalue weighted by atomic mass is 10.2. The molecule has 0 atom stereocenters. The van der Waals surface area contributed by atoms with Crippen molar-refractivity contribution in [1.82, 2.24) is 9.88 Å². The number of morpholine rings is 1. The van der Waals surface area contributed by atoms with Crippen molar-refractivity contribution in [1.29, 1.82) is 0 Å². The van der Waals surface area contributed by atoms with Crippen molar-refractivity contribution in [2.75, 3.05) is 50.0 Å². The van der Waals surface area contributed by atoms with Gasteiger partial charge in [0.2, 0.25) is 0 Å². The van der Waals surface area contributed by atoms with Crippen molar-refractivity contribution in [3.05, 3.63) is 52.5 Å². The van der Waals surface area contributed by atoms with E-state index >= 15 is 0 Å².